The zero-order chi connectivity index (χ0) is 14.3. The Labute approximate surface area is 108 Å². The Morgan fingerprint density at radius 1 is 1.53 bits per heavy atom. The molecule has 0 aromatic carbocycles. The highest BCUT2D eigenvalue weighted by Gasteiger charge is 2.28. The highest BCUT2D eigenvalue weighted by molar-refractivity contribution is 5.75. The van der Waals surface area contributed by atoms with Crippen molar-refractivity contribution < 1.29 is 22.8 Å². The van der Waals surface area contributed by atoms with Gasteiger partial charge in [-0.1, -0.05) is 13.3 Å². The molecule has 1 amide bonds. The molecule has 1 unspecified atom stereocenters. The number of imidazole rings is 1. The number of amides is 1. The van der Waals surface area contributed by atoms with Gasteiger partial charge in [0.1, 0.15) is 0 Å². The van der Waals surface area contributed by atoms with Gasteiger partial charge in [0.05, 0.1) is 6.33 Å². The summed E-state index contributed by atoms with van der Waals surface area (Å²) in [4.78, 5) is 19.5. The van der Waals surface area contributed by atoms with E-state index in [9.17, 15) is 18.0 Å². The van der Waals surface area contributed by atoms with E-state index in [1.54, 1.807) is 28.8 Å². The number of alkyl halides is 3. The van der Waals surface area contributed by atoms with Crippen molar-refractivity contribution in [1.82, 2.24) is 15.0 Å². The Kier molecular flexibility index (Phi) is 5.81. The molecule has 1 rings (SSSR count). The van der Waals surface area contributed by atoms with Gasteiger partial charge in [-0.25, -0.2) is 10.5 Å². The third kappa shape index (κ3) is 6.23. The summed E-state index contributed by atoms with van der Waals surface area (Å²) in [5.74, 6) is -0.587. The van der Waals surface area contributed by atoms with Crippen LogP contribution < -0.4 is 5.48 Å². The lowest BCUT2D eigenvalue weighted by atomic mass is 10.1. The monoisotopic (exact) mass is 279 g/mol. The van der Waals surface area contributed by atoms with Crippen LogP contribution in [0.5, 0.6) is 0 Å². The van der Waals surface area contributed by atoms with Crippen molar-refractivity contribution >= 4 is 5.91 Å². The molecular formula is C11H16F3N3O2. The number of hydrogen-bond acceptors (Lipinski definition) is 3. The van der Waals surface area contributed by atoms with Gasteiger partial charge in [0.2, 0.25) is 5.91 Å². The number of hydroxylamine groups is 1. The van der Waals surface area contributed by atoms with Gasteiger partial charge in [0.25, 0.3) is 0 Å². The maximum Gasteiger partial charge on any atom is 0.414 e. The molecular weight excluding hydrogens is 263 g/mol. The van der Waals surface area contributed by atoms with E-state index in [1.165, 1.54) is 0 Å². The first-order chi connectivity index (χ1) is 8.92. The van der Waals surface area contributed by atoms with Crippen LogP contribution in [0.25, 0.3) is 0 Å². The zero-order valence-electron chi connectivity index (χ0n) is 10.5. The smallest absolute Gasteiger partial charge is 0.334 e. The van der Waals surface area contributed by atoms with Crippen LogP contribution in [0.1, 0.15) is 32.2 Å². The second-order valence-electron chi connectivity index (χ2n) is 4.09. The standard InChI is InChI=1S/C11H16F3N3O2/c1-2-3-9(17-5-4-15-8-17)6-10(18)16-19-7-11(12,13)14/h4-5,8-9H,2-3,6-7H2,1H3,(H,16,18). The van der Waals surface area contributed by atoms with Crippen molar-refractivity contribution in [2.24, 2.45) is 0 Å². The van der Waals surface area contributed by atoms with Crippen LogP contribution in [0.15, 0.2) is 18.7 Å². The third-order valence-corrected chi connectivity index (χ3v) is 2.41. The summed E-state index contributed by atoms with van der Waals surface area (Å²) in [5, 5.41) is 0. The molecule has 0 radical (unpaired) electrons. The van der Waals surface area contributed by atoms with E-state index in [2.05, 4.69) is 9.82 Å². The maximum absolute atomic E-state index is 11.8. The molecule has 0 saturated heterocycles. The molecule has 5 nitrogen and oxygen atoms in total. The summed E-state index contributed by atoms with van der Waals surface area (Å²) in [6.45, 7) is 0.463. The molecule has 19 heavy (non-hydrogen) atoms. The summed E-state index contributed by atoms with van der Waals surface area (Å²) >= 11 is 0. The molecule has 8 heteroatoms. The number of nitrogens with zero attached hydrogens (tertiary/aromatic N) is 2. The zero-order valence-corrected chi connectivity index (χ0v) is 10.5. The van der Waals surface area contributed by atoms with Crippen molar-refractivity contribution in [2.45, 2.75) is 38.4 Å². The van der Waals surface area contributed by atoms with Gasteiger partial charge in [0, 0.05) is 24.9 Å². The molecule has 0 fully saturated rings. The number of hydrogen-bond donors (Lipinski definition) is 1. The molecule has 0 aliphatic carbocycles. The lowest BCUT2D eigenvalue weighted by Gasteiger charge is -2.17. The predicted octanol–water partition coefficient (Wildman–Crippen LogP) is 2.22. The second kappa shape index (κ2) is 7.13. The van der Waals surface area contributed by atoms with Gasteiger partial charge in [0.15, 0.2) is 6.61 Å². The summed E-state index contributed by atoms with van der Waals surface area (Å²) < 4.78 is 37.2. The highest BCUT2D eigenvalue weighted by Crippen LogP contribution is 2.18. The van der Waals surface area contributed by atoms with E-state index in [1.807, 2.05) is 6.92 Å². The average Bonchev–Trinajstić information content (AvgIpc) is 2.79. The largest absolute Gasteiger partial charge is 0.414 e. The Morgan fingerprint density at radius 3 is 2.79 bits per heavy atom. The lowest BCUT2D eigenvalue weighted by Crippen LogP contribution is -2.31. The van der Waals surface area contributed by atoms with E-state index in [0.29, 0.717) is 0 Å². The van der Waals surface area contributed by atoms with Crippen molar-refractivity contribution in [2.75, 3.05) is 6.61 Å². The van der Waals surface area contributed by atoms with Crippen molar-refractivity contribution in [3.63, 3.8) is 0 Å². The number of halogens is 3. The quantitative estimate of drug-likeness (QED) is 0.779. The number of aromatic nitrogens is 2. The molecule has 0 saturated carbocycles. The summed E-state index contributed by atoms with van der Waals surface area (Å²) in [6, 6.07) is -0.137. The summed E-state index contributed by atoms with van der Waals surface area (Å²) in [5.41, 5.74) is 1.80. The fourth-order valence-corrected chi connectivity index (χ4v) is 1.63. The number of carbonyl (C=O) groups excluding carboxylic acids is 1. The topological polar surface area (TPSA) is 56.1 Å². The number of nitrogens with one attached hydrogen (secondary N) is 1. The van der Waals surface area contributed by atoms with Gasteiger partial charge in [-0.3, -0.25) is 9.63 Å². The van der Waals surface area contributed by atoms with Crippen LogP contribution in [-0.2, 0) is 9.63 Å². The minimum Gasteiger partial charge on any atom is -0.334 e. The lowest BCUT2D eigenvalue weighted by molar-refractivity contribution is -0.191. The fraction of sp³-hybridized carbons (Fsp3) is 0.636. The van der Waals surface area contributed by atoms with Crippen LogP contribution in [0, 0.1) is 0 Å². The van der Waals surface area contributed by atoms with E-state index >= 15 is 0 Å². The molecule has 1 heterocycles. The molecule has 0 aliphatic rings. The minimum atomic E-state index is -4.46. The normalized spacial score (nSPS) is 13.3. The van der Waals surface area contributed by atoms with Crippen LogP contribution in [0.2, 0.25) is 0 Å². The first kappa shape index (κ1) is 15.5. The summed E-state index contributed by atoms with van der Waals surface area (Å²) in [6.07, 6.45) is 2.03. The molecule has 0 bridgehead atoms. The molecule has 1 aromatic heterocycles. The molecule has 1 aromatic rings. The average molecular weight is 279 g/mol. The number of rotatable bonds is 7. The molecule has 108 valence electrons. The molecule has 0 spiro atoms. The first-order valence-corrected chi connectivity index (χ1v) is 5.87. The minimum absolute atomic E-state index is 0.0437. The Hall–Kier alpha value is -1.57. The van der Waals surface area contributed by atoms with Crippen molar-refractivity contribution in [3.8, 4) is 0 Å². The van der Waals surface area contributed by atoms with Gasteiger partial charge < -0.3 is 4.57 Å². The third-order valence-electron chi connectivity index (χ3n) is 2.41. The Bertz CT molecular complexity index is 379. The van der Waals surface area contributed by atoms with Gasteiger partial charge in [-0.15, -0.1) is 0 Å². The van der Waals surface area contributed by atoms with E-state index in [0.717, 1.165) is 12.8 Å². The number of carbonyl (C=O) groups is 1. The fourth-order valence-electron chi connectivity index (χ4n) is 1.63. The molecule has 1 atom stereocenters. The van der Waals surface area contributed by atoms with Gasteiger partial charge in [-0.2, -0.15) is 13.2 Å². The van der Waals surface area contributed by atoms with E-state index in [4.69, 9.17) is 0 Å². The van der Waals surface area contributed by atoms with Crippen LogP contribution in [0.3, 0.4) is 0 Å². The Morgan fingerprint density at radius 2 is 2.26 bits per heavy atom. The maximum atomic E-state index is 11.8. The van der Waals surface area contributed by atoms with E-state index in [-0.39, 0.29) is 12.5 Å². The SMILES string of the molecule is CCCC(CC(=O)NOCC(F)(F)F)n1ccnc1. The van der Waals surface area contributed by atoms with Crippen molar-refractivity contribution in [3.05, 3.63) is 18.7 Å². The van der Waals surface area contributed by atoms with Crippen LogP contribution in [0.4, 0.5) is 13.2 Å². The van der Waals surface area contributed by atoms with E-state index < -0.39 is 18.7 Å². The first-order valence-electron chi connectivity index (χ1n) is 5.87. The predicted molar refractivity (Wildman–Crippen MR) is 60.9 cm³/mol. The van der Waals surface area contributed by atoms with Crippen molar-refractivity contribution in [1.29, 1.82) is 0 Å². The highest BCUT2D eigenvalue weighted by atomic mass is 19.4. The summed E-state index contributed by atoms with van der Waals surface area (Å²) in [7, 11) is 0. The van der Waals surface area contributed by atoms with Gasteiger partial charge in [-0.05, 0) is 6.42 Å². The second-order valence-corrected chi connectivity index (χ2v) is 4.09. The Balaban J connectivity index is 2.40. The molecule has 1 N–H and O–H groups in total. The van der Waals surface area contributed by atoms with Gasteiger partial charge >= 0.3 is 6.18 Å². The van der Waals surface area contributed by atoms with Crippen LogP contribution >= 0.6 is 0 Å². The molecule has 0 aliphatic heterocycles. The van der Waals surface area contributed by atoms with Crippen LogP contribution in [-0.4, -0.2) is 28.2 Å².